The summed E-state index contributed by atoms with van der Waals surface area (Å²) in [6, 6.07) is 9.22. The quantitative estimate of drug-likeness (QED) is 0.829. The van der Waals surface area contributed by atoms with Crippen LogP contribution < -0.4 is 10.6 Å². The average molecular weight is 262 g/mol. The lowest BCUT2D eigenvalue weighted by Gasteiger charge is -2.30. The van der Waals surface area contributed by atoms with Crippen molar-refractivity contribution in [1.82, 2.24) is 0 Å². The Morgan fingerprint density at radius 1 is 1.42 bits per heavy atom. The number of hydrogen-bond acceptors (Lipinski definition) is 3. The molecular formula is C16H26N2O. The molecule has 3 heteroatoms. The zero-order valence-electron chi connectivity index (χ0n) is 11.9. The maximum Gasteiger partial charge on any atom is 0.0431 e. The lowest BCUT2D eigenvalue weighted by molar-refractivity contribution is 0.279. The molecule has 3 nitrogen and oxygen atoms in total. The first-order chi connectivity index (χ1) is 9.27. The van der Waals surface area contributed by atoms with Crippen LogP contribution in [0.4, 0.5) is 5.69 Å². The molecule has 0 saturated carbocycles. The molecule has 0 radical (unpaired) electrons. The van der Waals surface area contributed by atoms with Crippen LogP contribution in [0.15, 0.2) is 24.3 Å². The van der Waals surface area contributed by atoms with Crippen molar-refractivity contribution in [3.8, 4) is 0 Å². The van der Waals surface area contributed by atoms with Crippen molar-refractivity contribution in [2.24, 2.45) is 5.73 Å². The van der Waals surface area contributed by atoms with Crippen molar-refractivity contribution in [3.05, 3.63) is 29.8 Å². The molecule has 1 aromatic rings. The molecule has 1 aromatic carbocycles. The van der Waals surface area contributed by atoms with Gasteiger partial charge < -0.3 is 15.7 Å². The fraction of sp³-hybridized carbons (Fsp3) is 0.625. The van der Waals surface area contributed by atoms with Crippen molar-refractivity contribution < 1.29 is 5.11 Å². The Morgan fingerprint density at radius 2 is 2.21 bits per heavy atom. The normalized spacial score (nSPS) is 20.8. The van der Waals surface area contributed by atoms with E-state index in [2.05, 4.69) is 36.1 Å². The van der Waals surface area contributed by atoms with Gasteiger partial charge in [-0.1, -0.05) is 25.1 Å². The fourth-order valence-corrected chi connectivity index (χ4v) is 3.06. The van der Waals surface area contributed by atoms with E-state index in [1.54, 1.807) is 0 Å². The summed E-state index contributed by atoms with van der Waals surface area (Å²) >= 11 is 0. The summed E-state index contributed by atoms with van der Waals surface area (Å²) in [6.07, 6.45) is 5.41. The van der Waals surface area contributed by atoms with E-state index in [4.69, 9.17) is 10.8 Å². The molecule has 1 unspecified atom stereocenters. The summed E-state index contributed by atoms with van der Waals surface area (Å²) in [6.45, 7) is 3.54. The van der Waals surface area contributed by atoms with E-state index in [1.807, 2.05) is 0 Å². The predicted octanol–water partition coefficient (Wildman–Crippen LogP) is 2.84. The van der Waals surface area contributed by atoms with Crippen LogP contribution in [0.25, 0.3) is 0 Å². The van der Waals surface area contributed by atoms with Crippen LogP contribution in [0.1, 0.15) is 50.6 Å². The maximum absolute atomic E-state index is 9.03. The first-order valence-corrected chi connectivity index (χ1v) is 7.50. The number of aliphatic hydroxyl groups excluding tert-OH is 1. The summed E-state index contributed by atoms with van der Waals surface area (Å²) in [5.74, 6) is 0. The maximum atomic E-state index is 9.03. The highest BCUT2D eigenvalue weighted by atomic mass is 16.2. The number of para-hydroxylation sites is 1. The van der Waals surface area contributed by atoms with Crippen molar-refractivity contribution >= 4 is 5.69 Å². The van der Waals surface area contributed by atoms with Gasteiger partial charge in [-0.25, -0.2) is 0 Å². The summed E-state index contributed by atoms with van der Waals surface area (Å²) in [5, 5.41) is 9.03. The highest BCUT2D eigenvalue weighted by molar-refractivity contribution is 5.56. The van der Waals surface area contributed by atoms with Gasteiger partial charge in [0.05, 0.1) is 0 Å². The highest BCUT2D eigenvalue weighted by Gasteiger charge is 2.26. The Balaban J connectivity index is 2.20. The summed E-state index contributed by atoms with van der Waals surface area (Å²) in [7, 11) is 0. The molecule has 1 fully saturated rings. The van der Waals surface area contributed by atoms with Gasteiger partial charge in [0.25, 0.3) is 0 Å². The number of nitrogens with two attached hydrogens (primary N) is 1. The van der Waals surface area contributed by atoms with E-state index in [0.717, 1.165) is 25.8 Å². The molecule has 1 heterocycles. The topological polar surface area (TPSA) is 49.5 Å². The van der Waals surface area contributed by atoms with E-state index in [-0.39, 0.29) is 6.04 Å². The molecule has 0 aromatic heterocycles. The van der Waals surface area contributed by atoms with Gasteiger partial charge in [-0.2, -0.15) is 0 Å². The molecule has 1 aliphatic rings. The number of anilines is 1. The summed E-state index contributed by atoms with van der Waals surface area (Å²) < 4.78 is 0. The van der Waals surface area contributed by atoms with Crippen molar-refractivity contribution in [1.29, 1.82) is 0 Å². The summed E-state index contributed by atoms with van der Waals surface area (Å²) in [5.41, 5.74) is 8.81. The molecule has 3 N–H and O–H groups in total. The average Bonchev–Trinajstić information content (AvgIpc) is 2.92. The Morgan fingerprint density at radius 3 is 2.95 bits per heavy atom. The Kier molecular flexibility index (Phi) is 5.23. The molecule has 19 heavy (non-hydrogen) atoms. The number of benzene rings is 1. The van der Waals surface area contributed by atoms with Gasteiger partial charge in [-0.15, -0.1) is 0 Å². The SMILES string of the molecule is CC[C@@H](N)c1ccccc1N1CCCC1CCCO. The summed E-state index contributed by atoms with van der Waals surface area (Å²) in [4.78, 5) is 2.50. The van der Waals surface area contributed by atoms with Crippen LogP contribution in [0, 0.1) is 0 Å². The van der Waals surface area contributed by atoms with Gasteiger partial charge in [-0.3, -0.25) is 0 Å². The zero-order valence-corrected chi connectivity index (χ0v) is 11.9. The second-order valence-electron chi connectivity index (χ2n) is 5.43. The first kappa shape index (κ1) is 14.4. The molecule has 1 saturated heterocycles. The van der Waals surface area contributed by atoms with E-state index < -0.39 is 0 Å². The minimum atomic E-state index is 0.121. The van der Waals surface area contributed by atoms with E-state index >= 15 is 0 Å². The Bertz CT molecular complexity index is 394. The molecule has 1 aliphatic heterocycles. The third-order valence-corrected chi connectivity index (χ3v) is 4.16. The Hall–Kier alpha value is -1.06. The molecule has 106 valence electrons. The van der Waals surface area contributed by atoms with Crippen molar-refractivity contribution in [2.45, 2.75) is 51.1 Å². The van der Waals surface area contributed by atoms with Crippen LogP contribution in [0.3, 0.4) is 0 Å². The van der Waals surface area contributed by atoms with E-state index in [9.17, 15) is 0 Å². The van der Waals surface area contributed by atoms with E-state index in [1.165, 1.54) is 24.1 Å². The van der Waals surface area contributed by atoms with Crippen LogP contribution in [-0.4, -0.2) is 24.3 Å². The van der Waals surface area contributed by atoms with Crippen LogP contribution >= 0.6 is 0 Å². The third-order valence-electron chi connectivity index (χ3n) is 4.16. The first-order valence-electron chi connectivity index (χ1n) is 7.50. The van der Waals surface area contributed by atoms with Crippen molar-refractivity contribution in [2.75, 3.05) is 18.1 Å². The second kappa shape index (κ2) is 6.92. The molecule has 2 atom stereocenters. The van der Waals surface area contributed by atoms with Crippen LogP contribution in [0.5, 0.6) is 0 Å². The standard InChI is InChI=1S/C16H26N2O/c1-2-15(17)14-9-3-4-10-16(14)18-11-5-7-13(18)8-6-12-19/h3-4,9-10,13,15,19H,2,5-8,11-12,17H2,1H3/t13?,15-/m1/s1. The molecule has 0 amide bonds. The minimum Gasteiger partial charge on any atom is -0.396 e. The number of hydrogen-bond donors (Lipinski definition) is 2. The minimum absolute atomic E-state index is 0.121. The molecular weight excluding hydrogens is 236 g/mol. The smallest absolute Gasteiger partial charge is 0.0431 e. The highest BCUT2D eigenvalue weighted by Crippen LogP contribution is 2.33. The monoisotopic (exact) mass is 262 g/mol. The lowest BCUT2D eigenvalue weighted by Crippen LogP contribution is -2.31. The number of rotatable bonds is 6. The van der Waals surface area contributed by atoms with Crippen molar-refractivity contribution in [3.63, 3.8) is 0 Å². The zero-order chi connectivity index (χ0) is 13.7. The molecule has 0 bridgehead atoms. The largest absolute Gasteiger partial charge is 0.396 e. The third kappa shape index (κ3) is 3.28. The van der Waals surface area contributed by atoms with Gasteiger partial charge in [-0.05, 0) is 43.7 Å². The van der Waals surface area contributed by atoms with Gasteiger partial charge in [0.15, 0.2) is 0 Å². The molecule has 0 aliphatic carbocycles. The van der Waals surface area contributed by atoms with Gasteiger partial charge in [0.2, 0.25) is 0 Å². The van der Waals surface area contributed by atoms with Crippen LogP contribution in [-0.2, 0) is 0 Å². The fourth-order valence-electron chi connectivity index (χ4n) is 3.06. The van der Waals surface area contributed by atoms with Gasteiger partial charge >= 0.3 is 0 Å². The second-order valence-corrected chi connectivity index (χ2v) is 5.43. The predicted molar refractivity (Wildman–Crippen MR) is 80.3 cm³/mol. The molecule has 0 spiro atoms. The number of aliphatic hydroxyl groups is 1. The molecule has 2 rings (SSSR count). The Labute approximate surface area is 116 Å². The lowest BCUT2D eigenvalue weighted by atomic mass is 10.0. The van der Waals surface area contributed by atoms with E-state index in [0.29, 0.717) is 12.6 Å². The van der Waals surface area contributed by atoms with Gasteiger partial charge in [0, 0.05) is 30.9 Å². The van der Waals surface area contributed by atoms with Gasteiger partial charge in [0.1, 0.15) is 0 Å². The number of nitrogens with zero attached hydrogens (tertiary/aromatic N) is 1. The van der Waals surface area contributed by atoms with Crippen LogP contribution in [0.2, 0.25) is 0 Å².